The van der Waals surface area contributed by atoms with Crippen LogP contribution in [-0.4, -0.2) is 22.6 Å². The summed E-state index contributed by atoms with van der Waals surface area (Å²) in [6, 6.07) is 0. The Morgan fingerprint density at radius 3 is 2.75 bits per heavy atom. The summed E-state index contributed by atoms with van der Waals surface area (Å²) >= 11 is 1.40. The van der Waals surface area contributed by atoms with Gasteiger partial charge in [-0.05, 0) is 13.8 Å². The lowest BCUT2D eigenvalue weighted by molar-refractivity contribution is -0.118. The van der Waals surface area contributed by atoms with Gasteiger partial charge in [0.25, 0.3) is 5.91 Å². The van der Waals surface area contributed by atoms with Crippen molar-refractivity contribution in [2.24, 2.45) is 0 Å². The van der Waals surface area contributed by atoms with E-state index in [9.17, 15) is 4.79 Å². The van der Waals surface area contributed by atoms with Crippen LogP contribution >= 0.6 is 11.3 Å². The van der Waals surface area contributed by atoms with E-state index in [1.807, 2.05) is 13.8 Å². The second-order valence-electron chi connectivity index (χ2n) is 2.37. The predicted octanol–water partition coefficient (Wildman–Crippen LogP) is 0.691. The van der Waals surface area contributed by atoms with Gasteiger partial charge < -0.3 is 5.11 Å². The minimum absolute atomic E-state index is 0.427. The third-order valence-electron chi connectivity index (χ3n) is 1.42. The Bertz CT molecular complexity index is 276. The van der Waals surface area contributed by atoms with Gasteiger partial charge in [0.2, 0.25) is 0 Å². The van der Waals surface area contributed by atoms with Gasteiger partial charge in [-0.2, -0.15) is 0 Å². The van der Waals surface area contributed by atoms with Gasteiger partial charge in [0, 0.05) is 4.88 Å². The predicted molar refractivity (Wildman–Crippen MR) is 47.3 cm³/mol. The Morgan fingerprint density at radius 2 is 2.33 bits per heavy atom. The number of carbonyl (C=O) groups excluding carboxylic acids is 1. The highest BCUT2D eigenvalue weighted by molar-refractivity contribution is 7.15. The number of aliphatic hydroxyl groups is 1. The summed E-state index contributed by atoms with van der Waals surface area (Å²) in [5.74, 6) is -0.427. The Morgan fingerprint density at radius 1 is 1.67 bits per heavy atom. The van der Waals surface area contributed by atoms with E-state index in [1.165, 1.54) is 11.3 Å². The normalized spacial score (nSPS) is 9.92. The standard InChI is InChI=1S/C7H10N2O2S/c1-4-5(2)12-7(8-4)9-6(11)3-10/h10H,3H2,1-2H3,(H,8,9,11). The van der Waals surface area contributed by atoms with Gasteiger partial charge in [-0.15, -0.1) is 11.3 Å². The zero-order chi connectivity index (χ0) is 9.14. The zero-order valence-electron chi connectivity index (χ0n) is 6.92. The van der Waals surface area contributed by atoms with Crippen LogP contribution in [0.3, 0.4) is 0 Å². The molecular weight excluding hydrogens is 176 g/mol. The number of hydrogen-bond donors (Lipinski definition) is 2. The van der Waals surface area contributed by atoms with Crippen LogP contribution in [0.15, 0.2) is 0 Å². The molecule has 0 radical (unpaired) electrons. The summed E-state index contributed by atoms with van der Waals surface area (Å²) in [6.07, 6.45) is 0. The Kier molecular flexibility index (Phi) is 2.78. The lowest BCUT2D eigenvalue weighted by Gasteiger charge is -1.94. The number of anilines is 1. The highest BCUT2D eigenvalue weighted by atomic mass is 32.1. The first-order chi connectivity index (χ1) is 5.63. The second kappa shape index (κ2) is 3.64. The number of hydrogen-bond acceptors (Lipinski definition) is 4. The lowest BCUT2D eigenvalue weighted by atomic mass is 10.4. The molecule has 0 bridgehead atoms. The largest absolute Gasteiger partial charge is 0.387 e. The molecule has 0 fully saturated rings. The molecule has 4 nitrogen and oxygen atoms in total. The summed E-state index contributed by atoms with van der Waals surface area (Å²) < 4.78 is 0. The maximum Gasteiger partial charge on any atom is 0.251 e. The molecule has 1 aromatic heterocycles. The van der Waals surface area contributed by atoms with Crippen molar-refractivity contribution in [2.45, 2.75) is 13.8 Å². The molecular formula is C7H10N2O2S. The number of nitrogens with zero attached hydrogens (tertiary/aromatic N) is 1. The first-order valence-corrected chi connectivity index (χ1v) is 4.30. The van der Waals surface area contributed by atoms with Gasteiger partial charge in [0.05, 0.1) is 5.69 Å². The Balaban J connectivity index is 2.70. The fourth-order valence-electron chi connectivity index (χ4n) is 0.685. The van der Waals surface area contributed by atoms with Crippen molar-refractivity contribution in [2.75, 3.05) is 11.9 Å². The van der Waals surface area contributed by atoms with Gasteiger partial charge in [-0.25, -0.2) is 4.98 Å². The molecule has 12 heavy (non-hydrogen) atoms. The maximum absolute atomic E-state index is 10.7. The van der Waals surface area contributed by atoms with E-state index >= 15 is 0 Å². The Hall–Kier alpha value is -0.940. The summed E-state index contributed by atoms with van der Waals surface area (Å²) in [7, 11) is 0. The van der Waals surface area contributed by atoms with E-state index in [2.05, 4.69) is 10.3 Å². The minimum Gasteiger partial charge on any atom is -0.387 e. The van der Waals surface area contributed by atoms with Crippen LogP contribution in [0.25, 0.3) is 0 Å². The van der Waals surface area contributed by atoms with Gasteiger partial charge in [0.1, 0.15) is 6.61 Å². The van der Waals surface area contributed by atoms with E-state index < -0.39 is 12.5 Å². The summed E-state index contributed by atoms with van der Waals surface area (Å²) in [4.78, 5) is 15.9. The van der Waals surface area contributed by atoms with Crippen LogP contribution in [0.5, 0.6) is 0 Å². The molecule has 1 rings (SSSR count). The number of aliphatic hydroxyl groups excluding tert-OH is 1. The van der Waals surface area contributed by atoms with Crippen molar-refractivity contribution in [3.8, 4) is 0 Å². The van der Waals surface area contributed by atoms with Gasteiger partial charge >= 0.3 is 0 Å². The second-order valence-corrected chi connectivity index (χ2v) is 3.57. The van der Waals surface area contributed by atoms with Crippen LogP contribution in [-0.2, 0) is 4.79 Å². The molecule has 1 heterocycles. The topological polar surface area (TPSA) is 62.2 Å². The molecule has 1 amide bonds. The van der Waals surface area contributed by atoms with Crippen LogP contribution in [0.1, 0.15) is 10.6 Å². The molecule has 66 valence electrons. The molecule has 0 saturated heterocycles. The van der Waals surface area contributed by atoms with Crippen LogP contribution in [0.4, 0.5) is 5.13 Å². The molecule has 0 saturated carbocycles. The lowest BCUT2D eigenvalue weighted by Crippen LogP contribution is -2.15. The Labute approximate surface area is 74.3 Å². The SMILES string of the molecule is Cc1nc(NC(=O)CO)sc1C. The van der Waals surface area contributed by atoms with E-state index in [1.54, 1.807) is 0 Å². The average molecular weight is 186 g/mol. The molecule has 0 aliphatic rings. The van der Waals surface area contributed by atoms with Crippen LogP contribution in [0.2, 0.25) is 0 Å². The highest BCUT2D eigenvalue weighted by Crippen LogP contribution is 2.20. The minimum atomic E-state index is -0.502. The number of amides is 1. The monoisotopic (exact) mass is 186 g/mol. The molecule has 0 aromatic carbocycles. The molecule has 1 aromatic rings. The van der Waals surface area contributed by atoms with Crippen molar-refractivity contribution < 1.29 is 9.90 Å². The first kappa shape index (κ1) is 9.15. The van der Waals surface area contributed by atoms with Gasteiger partial charge in [-0.3, -0.25) is 10.1 Å². The fourth-order valence-corrected chi connectivity index (χ4v) is 1.52. The maximum atomic E-state index is 10.7. The average Bonchev–Trinajstić information content (AvgIpc) is 2.31. The number of nitrogens with one attached hydrogen (secondary N) is 1. The quantitative estimate of drug-likeness (QED) is 0.714. The van der Waals surface area contributed by atoms with E-state index in [-0.39, 0.29) is 0 Å². The summed E-state index contributed by atoms with van der Waals surface area (Å²) in [5, 5.41) is 11.5. The fraction of sp³-hybridized carbons (Fsp3) is 0.429. The van der Waals surface area contributed by atoms with Crippen molar-refractivity contribution in [3.63, 3.8) is 0 Å². The van der Waals surface area contributed by atoms with Crippen molar-refractivity contribution in [1.82, 2.24) is 4.98 Å². The van der Waals surface area contributed by atoms with Crippen LogP contribution < -0.4 is 5.32 Å². The van der Waals surface area contributed by atoms with E-state index in [4.69, 9.17) is 5.11 Å². The summed E-state index contributed by atoms with van der Waals surface area (Å²) in [5.41, 5.74) is 0.910. The molecule has 0 atom stereocenters. The van der Waals surface area contributed by atoms with Gasteiger partial charge in [0.15, 0.2) is 5.13 Å². The first-order valence-electron chi connectivity index (χ1n) is 3.48. The van der Waals surface area contributed by atoms with E-state index in [0.29, 0.717) is 5.13 Å². The number of aromatic nitrogens is 1. The smallest absolute Gasteiger partial charge is 0.251 e. The molecule has 2 N–H and O–H groups in total. The molecule has 5 heteroatoms. The van der Waals surface area contributed by atoms with Crippen molar-refractivity contribution in [1.29, 1.82) is 0 Å². The van der Waals surface area contributed by atoms with Crippen molar-refractivity contribution >= 4 is 22.4 Å². The van der Waals surface area contributed by atoms with Gasteiger partial charge in [-0.1, -0.05) is 0 Å². The molecule has 0 aliphatic carbocycles. The highest BCUT2D eigenvalue weighted by Gasteiger charge is 2.05. The number of rotatable bonds is 2. The number of thiazole rings is 1. The zero-order valence-corrected chi connectivity index (χ0v) is 7.73. The summed E-state index contributed by atoms with van der Waals surface area (Å²) in [6.45, 7) is 3.31. The van der Waals surface area contributed by atoms with E-state index in [0.717, 1.165) is 10.6 Å². The molecule has 0 unspecified atom stereocenters. The third kappa shape index (κ3) is 2.02. The van der Waals surface area contributed by atoms with Crippen molar-refractivity contribution in [3.05, 3.63) is 10.6 Å². The van der Waals surface area contributed by atoms with Crippen LogP contribution in [0, 0.1) is 13.8 Å². The number of carbonyl (C=O) groups is 1. The molecule has 0 spiro atoms. The molecule has 0 aliphatic heterocycles. The number of aryl methyl sites for hydroxylation is 2. The third-order valence-corrected chi connectivity index (χ3v) is 2.41.